The minimum atomic E-state index is -0.683. The number of benzene rings is 1. The van der Waals surface area contributed by atoms with Crippen LogP contribution in [0.15, 0.2) is 36.5 Å². The average Bonchev–Trinajstić information content (AvgIpc) is 2.47. The van der Waals surface area contributed by atoms with E-state index >= 15 is 0 Å². The van der Waals surface area contributed by atoms with Crippen LogP contribution in [0.5, 0.6) is 0 Å². The van der Waals surface area contributed by atoms with Gasteiger partial charge in [-0.05, 0) is 30.9 Å². The van der Waals surface area contributed by atoms with Gasteiger partial charge >= 0.3 is 5.97 Å². The summed E-state index contributed by atoms with van der Waals surface area (Å²) in [6, 6.07) is 10.2. The van der Waals surface area contributed by atoms with Crippen LogP contribution in [0.3, 0.4) is 0 Å². The number of carbonyl (C=O) groups is 1. The highest BCUT2D eigenvalue weighted by molar-refractivity contribution is 5.91. The molecule has 0 radical (unpaired) electrons. The Labute approximate surface area is 118 Å². The van der Waals surface area contributed by atoms with Crippen LogP contribution in [0.1, 0.15) is 19.3 Å². The van der Waals surface area contributed by atoms with Gasteiger partial charge in [0.05, 0.1) is 5.52 Å². The Bertz CT molecular complexity index is 613. The monoisotopic (exact) mass is 270 g/mol. The Hall–Kier alpha value is -2.10. The van der Waals surface area contributed by atoms with E-state index in [1.54, 1.807) is 0 Å². The second kappa shape index (κ2) is 5.49. The fraction of sp³-hybridized carbons (Fsp3) is 0.375. The Balaban J connectivity index is 1.78. The molecule has 1 aromatic carbocycles. The molecule has 1 aromatic heterocycles. The lowest BCUT2D eigenvalue weighted by molar-refractivity contribution is -0.138. The summed E-state index contributed by atoms with van der Waals surface area (Å²) in [5, 5.41) is 10.0. The SMILES string of the molecule is O=C(O)CC1CCN(c2ccnc3ccccc23)CC1. The number of fused-ring (bicyclic) bond motifs is 1. The van der Waals surface area contributed by atoms with E-state index in [4.69, 9.17) is 5.11 Å². The van der Waals surface area contributed by atoms with Crippen LogP contribution < -0.4 is 4.90 Å². The summed E-state index contributed by atoms with van der Waals surface area (Å²) in [6.45, 7) is 1.85. The number of piperidine rings is 1. The van der Waals surface area contributed by atoms with Crippen LogP contribution in [0.2, 0.25) is 0 Å². The zero-order chi connectivity index (χ0) is 13.9. The maximum atomic E-state index is 10.8. The molecule has 20 heavy (non-hydrogen) atoms. The zero-order valence-electron chi connectivity index (χ0n) is 11.3. The Morgan fingerprint density at radius 1 is 1.25 bits per heavy atom. The first-order valence-corrected chi connectivity index (χ1v) is 7.04. The van der Waals surface area contributed by atoms with E-state index in [2.05, 4.69) is 22.0 Å². The van der Waals surface area contributed by atoms with Gasteiger partial charge in [0.15, 0.2) is 0 Å². The van der Waals surface area contributed by atoms with Gasteiger partial charge in [0.2, 0.25) is 0 Å². The van der Waals surface area contributed by atoms with Gasteiger partial charge in [-0.25, -0.2) is 0 Å². The van der Waals surface area contributed by atoms with Crippen molar-refractivity contribution in [1.82, 2.24) is 4.98 Å². The number of para-hydroxylation sites is 1. The molecule has 1 fully saturated rings. The molecule has 4 heteroatoms. The van der Waals surface area contributed by atoms with E-state index in [-0.39, 0.29) is 0 Å². The van der Waals surface area contributed by atoms with E-state index in [1.807, 2.05) is 24.4 Å². The number of carboxylic acids is 1. The lowest BCUT2D eigenvalue weighted by atomic mass is 9.93. The second-order valence-electron chi connectivity index (χ2n) is 5.38. The zero-order valence-corrected chi connectivity index (χ0v) is 11.3. The van der Waals surface area contributed by atoms with Crippen molar-refractivity contribution in [3.8, 4) is 0 Å². The first-order chi connectivity index (χ1) is 9.74. The van der Waals surface area contributed by atoms with E-state index in [9.17, 15) is 4.79 Å². The standard InChI is InChI=1S/C16H18N2O2/c19-16(20)11-12-6-9-18(10-7-12)15-5-8-17-14-4-2-1-3-13(14)15/h1-5,8,12H,6-7,9-11H2,(H,19,20). The van der Waals surface area contributed by atoms with Crippen molar-refractivity contribution in [1.29, 1.82) is 0 Å². The number of hydrogen-bond acceptors (Lipinski definition) is 3. The minimum absolute atomic E-state index is 0.297. The van der Waals surface area contributed by atoms with Gasteiger partial charge in [0.25, 0.3) is 0 Å². The van der Waals surface area contributed by atoms with Crippen molar-refractivity contribution < 1.29 is 9.90 Å². The van der Waals surface area contributed by atoms with Gasteiger partial charge < -0.3 is 10.0 Å². The van der Waals surface area contributed by atoms with E-state index < -0.39 is 5.97 Å². The van der Waals surface area contributed by atoms with Crippen LogP contribution in [0, 0.1) is 5.92 Å². The largest absolute Gasteiger partial charge is 0.481 e. The molecule has 2 heterocycles. The number of aliphatic carboxylic acids is 1. The fourth-order valence-electron chi connectivity index (χ4n) is 2.98. The molecule has 3 rings (SSSR count). The van der Waals surface area contributed by atoms with Crippen molar-refractivity contribution in [2.24, 2.45) is 5.92 Å². The molecule has 2 aromatic rings. The van der Waals surface area contributed by atoms with E-state index in [0.29, 0.717) is 12.3 Å². The molecule has 1 aliphatic rings. The summed E-state index contributed by atoms with van der Waals surface area (Å²) in [7, 11) is 0. The van der Waals surface area contributed by atoms with Gasteiger partial charge in [-0.15, -0.1) is 0 Å². The number of aromatic nitrogens is 1. The second-order valence-corrected chi connectivity index (χ2v) is 5.38. The van der Waals surface area contributed by atoms with Gasteiger partial charge in [-0.2, -0.15) is 0 Å². The number of hydrogen-bond donors (Lipinski definition) is 1. The highest BCUT2D eigenvalue weighted by Crippen LogP contribution is 2.29. The van der Waals surface area contributed by atoms with Crippen LogP contribution in [0.25, 0.3) is 10.9 Å². The molecular formula is C16H18N2O2. The first kappa shape index (κ1) is 12.9. The molecule has 4 nitrogen and oxygen atoms in total. The average molecular weight is 270 g/mol. The molecule has 0 saturated carbocycles. The number of pyridine rings is 1. The van der Waals surface area contributed by atoms with Crippen LogP contribution in [0.4, 0.5) is 5.69 Å². The molecule has 0 aliphatic carbocycles. The maximum Gasteiger partial charge on any atom is 0.303 e. The highest BCUT2D eigenvalue weighted by atomic mass is 16.4. The van der Waals surface area contributed by atoms with Gasteiger partial charge in [0, 0.05) is 36.8 Å². The van der Waals surface area contributed by atoms with Gasteiger partial charge in [0.1, 0.15) is 0 Å². The summed E-state index contributed by atoms with van der Waals surface area (Å²) in [5.74, 6) is -0.366. The third-order valence-corrected chi connectivity index (χ3v) is 4.04. The summed E-state index contributed by atoms with van der Waals surface area (Å²) in [4.78, 5) is 17.5. The van der Waals surface area contributed by atoms with E-state index in [0.717, 1.165) is 31.4 Å². The maximum absolute atomic E-state index is 10.8. The lowest BCUT2D eigenvalue weighted by Crippen LogP contribution is -2.34. The van der Waals surface area contributed by atoms with Gasteiger partial charge in [-0.1, -0.05) is 18.2 Å². The van der Waals surface area contributed by atoms with Crippen molar-refractivity contribution >= 4 is 22.6 Å². The number of carboxylic acid groups (broad SMARTS) is 1. The summed E-state index contributed by atoms with van der Waals surface area (Å²) >= 11 is 0. The molecule has 0 unspecified atom stereocenters. The number of nitrogens with zero attached hydrogens (tertiary/aromatic N) is 2. The predicted octanol–water partition coefficient (Wildman–Crippen LogP) is 2.93. The van der Waals surface area contributed by atoms with Crippen LogP contribution >= 0.6 is 0 Å². The molecule has 1 N–H and O–H groups in total. The fourth-order valence-corrected chi connectivity index (χ4v) is 2.98. The first-order valence-electron chi connectivity index (χ1n) is 7.04. The van der Waals surface area contributed by atoms with Crippen molar-refractivity contribution in [2.45, 2.75) is 19.3 Å². The number of anilines is 1. The van der Waals surface area contributed by atoms with Crippen molar-refractivity contribution in [3.63, 3.8) is 0 Å². The third kappa shape index (κ3) is 2.59. The normalized spacial score (nSPS) is 16.5. The topological polar surface area (TPSA) is 53.4 Å². The lowest BCUT2D eigenvalue weighted by Gasteiger charge is -2.33. The van der Waals surface area contributed by atoms with Gasteiger partial charge in [-0.3, -0.25) is 9.78 Å². The predicted molar refractivity (Wildman–Crippen MR) is 78.9 cm³/mol. The molecule has 0 bridgehead atoms. The van der Waals surface area contributed by atoms with Crippen molar-refractivity contribution in [3.05, 3.63) is 36.5 Å². The highest BCUT2D eigenvalue weighted by Gasteiger charge is 2.22. The molecule has 0 atom stereocenters. The van der Waals surface area contributed by atoms with E-state index in [1.165, 1.54) is 11.1 Å². The Kier molecular flexibility index (Phi) is 3.54. The minimum Gasteiger partial charge on any atom is -0.481 e. The number of rotatable bonds is 3. The molecular weight excluding hydrogens is 252 g/mol. The molecule has 104 valence electrons. The quantitative estimate of drug-likeness (QED) is 0.931. The molecule has 1 aliphatic heterocycles. The summed E-state index contributed by atoms with van der Waals surface area (Å²) in [6.07, 6.45) is 4.04. The summed E-state index contributed by atoms with van der Waals surface area (Å²) in [5.41, 5.74) is 2.22. The van der Waals surface area contributed by atoms with Crippen molar-refractivity contribution in [2.75, 3.05) is 18.0 Å². The molecule has 0 spiro atoms. The van der Waals surface area contributed by atoms with Crippen LogP contribution in [-0.2, 0) is 4.79 Å². The Morgan fingerprint density at radius 2 is 2.00 bits per heavy atom. The third-order valence-electron chi connectivity index (χ3n) is 4.04. The molecule has 0 amide bonds. The van der Waals surface area contributed by atoms with Crippen LogP contribution in [-0.4, -0.2) is 29.1 Å². The summed E-state index contributed by atoms with van der Waals surface area (Å²) < 4.78 is 0. The Morgan fingerprint density at radius 3 is 2.75 bits per heavy atom. The molecule has 1 saturated heterocycles. The smallest absolute Gasteiger partial charge is 0.303 e.